The Kier molecular flexibility index (Phi) is 8.74. The normalized spacial score (nSPS) is 17.7. The van der Waals surface area contributed by atoms with Crippen molar-refractivity contribution in [1.29, 1.82) is 0 Å². The zero-order valence-electron chi connectivity index (χ0n) is 21.9. The lowest BCUT2D eigenvalue weighted by Gasteiger charge is -2.33. The molecule has 0 spiro atoms. The second kappa shape index (κ2) is 12.6. The number of anilines is 1. The molecule has 1 heterocycles. The van der Waals surface area contributed by atoms with Crippen LogP contribution >= 0.6 is 27.7 Å². The Morgan fingerprint density at radius 1 is 1.05 bits per heavy atom. The summed E-state index contributed by atoms with van der Waals surface area (Å²) in [6.45, 7) is 0. The Labute approximate surface area is 241 Å². The van der Waals surface area contributed by atoms with Gasteiger partial charge in [0, 0.05) is 15.9 Å². The van der Waals surface area contributed by atoms with Crippen LogP contribution in [0.25, 0.3) is 6.08 Å². The van der Waals surface area contributed by atoms with Gasteiger partial charge >= 0.3 is 0 Å². The van der Waals surface area contributed by atoms with Crippen molar-refractivity contribution >= 4 is 50.5 Å². The molecule has 2 aliphatic rings. The fraction of sp³-hybridized carbons (Fsp3) is 0.226. The van der Waals surface area contributed by atoms with Crippen molar-refractivity contribution in [3.8, 4) is 11.5 Å². The number of amidine groups is 1. The first kappa shape index (κ1) is 27.1. The first-order chi connectivity index (χ1) is 19.0. The van der Waals surface area contributed by atoms with Crippen LogP contribution in [0.1, 0.15) is 36.4 Å². The Hall–Kier alpha value is -3.49. The summed E-state index contributed by atoms with van der Waals surface area (Å²) in [6, 6.07) is 23.7. The molecule has 1 amide bonds. The van der Waals surface area contributed by atoms with Crippen LogP contribution < -0.4 is 20.1 Å². The van der Waals surface area contributed by atoms with Crippen molar-refractivity contribution in [3.05, 3.63) is 105 Å². The number of nitrogens with one attached hydrogen (secondary N) is 2. The summed E-state index contributed by atoms with van der Waals surface area (Å²) >= 11 is 4.87. The number of hydrogen-bond donors (Lipinski definition) is 2. The van der Waals surface area contributed by atoms with Crippen LogP contribution in [0.15, 0.2) is 99.1 Å². The number of ether oxygens (including phenoxy) is 2. The van der Waals surface area contributed by atoms with Gasteiger partial charge in [0.25, 0.3) is 0 Å². The number of amides is 1. The van der Waals surface area contributed by atoms with E-state index < -0.39 is 0 Å². The molecule has 0 aromatic heterocycles. The third kappa shape index (κ3) is 6.75. The van der Waals surface area contributed by atoms with E-state index in [0.717, 1.165) is 62.9 Å². The maximum atomic E-state index is 12.8. The molecule has 1 aliphatic heterocycles. The molecule has 39 heavy (non-hydrogen) atoms. The maximum absolute atomic E-state index is 12.8. The average molecular weight is 605 g/mol. The van der Waals surface area contributed by atoms with Gasteiger partial charge in [-0.1, -0.05) is 58.0 Å². The molecule has 2 N–H and O–H groups in total. The lowest BCUT2D eigenvalue weighted by atomic mass is 9.84. The van der Waals surface area contributed by atoms with Gasteiger partial charge in [0.1, 0.15) is 17.5 Å². The lowest BCUT2D eigenvalue weighted by Crippen LogP contribution is -2.32. The topological polar surface area (TPSA) is 72.0 Å². The zero-order chi connectivity index (χ0) is 27.2. The predicted molar refractivity (Wildman–Crippen MR) is 163 cm³/mol. The molecule has 3 aromatic carbocycles. The van der Waals surface area contributed by atoms with E-state index in [2.05, 4.69) is 56.9 Å². The molecule has 0 bridgehead atoms. The highest BCUT2D eigenvalue weighted by Gasteiger charge is 2.30. The minimum Gasteiger partial charge on any atom is -0.497 e. The van der Waals surface area contributed by atoms with Crippen molar-refractivity contribution in [1.82, 2.24) is 5.32 Å². The number of methoxy groups -OCH3 is 2. The zero-order valence-corrected chi connectivity index (χ0v) is 24.3. The third-order valence-electron chi connectivity index (χ3n) is 6.68. The van der Waals surface area contributed by atoms with E-state index in [4.69, 9.17) is 14.5 Å². The van der Waals surface area contributed by atoms with E-state index in [1.165, 1.54) is 22.9 Å². The molecule has 8 heteroatoms. The van der Waals surface area contributed by atoms with Crippen molar-refractivity contribution in [2.24, 2.45) is 4.99 Å². The number of halogens is 1. The highest BCUT2D eigenvalue weighted by molar-refractivity contribution is 9.10. The molecule has 0 saturated heterocycles. The van der Waals surface area contributed by atoms with Crippen molar-refractivity contribution in [2.45, 2.75) is 25.3 Å². The van der Waals surface area contributed by atoms with E-state index in [9.17, 15) is 4.79 Å². The molecule has 0 fully saturated rings. The van der Waals surface area contributed by atoms with Crippen LogP contribution in [0.5, 0.6) is 11.5 Å². The summed E-state index contributed by atoms with van der Waals surface area (Å²) in [7, 11) is 3.35. The maximum Gasteiger partial charge on any atom is 0.234 e. The van der Waals surface area contributed by atoms with Crippen LogP contribution in [0.3, 0.4) is 0 Å². The summed E-state index contributed by atoms with van der Waals surface area (Å²) in [4.78, 5) is 17.8. The summed E-state index contributed by atoms with van der Waals surface area (Å²) in [5, 5.41) is 7.29. The number of thioether (sulfide) groups is 1. The summed E-state index contributed by atoms with van der Waals surface area (Å²) in [6.07, 6.45) is 5.22. The molecule has 5 rings (SSSR count). The Bertz CT molecular complexity index is 1430. The second-order valence-corrected chi connectivity index (χ2v) is 11.2. The number of benzene rings is 3. The number of rotatable bonds is 7. The van der Waals surface area contributed by atoms with Crippen molar-refractivity contribution in [3.63, 3.8) is 0 Å². The van der Waals surface area contributed by atoms with E-state index in [0.29, 0.717) is 0 Å². The fourth-order valence-corrected chi connectivity index (χ4v) is 5.87. The number of nitrogens with zero attached hydrogens (tertiary/aromatic N) is 1. The van der Waals surface area contributed by atoms with Gasteiger partial charge in [0.05, 0.1) is 20.0 Å². The Morgan fingerprint density at radius 3 is 2.46 bits per heavy atom. The number of carbonyl (C=O) groups is 1. The summed E-state index contributed by atoms with van der Waals surface area (Å²) < 4.78 is 11.6. The third-order valence-corrected chi connectivity index (χ3v) is 8.06. The monoisotopic (exact) mass is 603 g/mol. The number of allylic oxidation sites excluding steroid dienone is 1. The van der Waals surface area contributed by atoms with Gasteiger partial charge in [-0.05, 0) is 90.1 Å². The summed E-state index contributed by atoms with van der Waals surface area (Å²) in [5.41, 5.74) is 6.61. The molecule has 200 valence electrons. The summed E-state index contributed by atoms with van der Waals surface area (Å²) in [5.74, 6) is 1.81. The molecule has 1 aliphatic carbocycles. The minimum absolute atomic E-state index is 0.0824. The average Bonchev–Trinajstić information content (AvgIpc) is 2.96. The van der Waals surface area contributed by atoms with Crippen LogP contribution in [0.2, 0.25) is 0 Å². The van der Waals surface area contributed by atoms with Crippen molar-refractivity contribution < 1.29 is 14.3 Å². The van der Waals surface area contributed by atoms with Crippen LogP contribution in [0, 0.1) is 0 Å². The highest BCUT2D eigenvalue weighted by atomic mass is 79.9. The molecular weight excluding hydrogens is 574 g/mol. The van der Waals surface area contributed by atoms with Gasteiger partial charge in [0.2, 0.25) is 5.91 Å². The molecule has 0 radical (unpaired) electrons. The highest BCUT2D eigenvalue weighted by Crippen LogP contribution is 2.42. The van der Waals surface area contributed by atoms with Gasteiger partial charge < -0.3 is 20.1 Å². The predicted octanol–water partition coefficient (Wildman–Crippen LogP) is 7.36. The van der Waals surface area contributed by atoms with Gasteiger partial charge in [-0.25, -0.2) is 4.99 Å². The molecule has 1 atom stereocenters. The molecule has 6 nitrogen and oxygen atoms in total. The number of carbonyl (C=O) groups excluding carboxylic acids is 1. The van der Waals surface area contributed by atoms with E-state index in [-0.39, 0.29) is 17.7 Å². The van der Waals surface area contributed by atoms with Gasteiger partial charge in [0.15, 0.2) is 5.17 Å². The lowest BCUT2D eigenvalue weighted by molar-refractivity contribution is -0.113. The van der Waals surface area contributed by atoms with Crippen molar-refractivity contribution in [2.75, 3.05) is 25.3 Å². The standard InChI is InChI=1S/C31H30BrN3O3S/c1-37-25-13-9-20(10-14-25)17-22-5-3-8-27-29(21-11-15-26(38-2)16-12-21)34-31(35-30(22)27)39-19-28(36)33-24-7-4-6-23(32)18-24/h4,6-7,9-18,29H,3,5,8,19H2,1-2H3,(H,33,36)(H,34,35)/b22-17-. The quantitative estimate of drug-likeness (QED) is 0.295. The second-order valence-electron chi connectivity index (χ2n) is 9.28. The Balaban J connectivity index is 1.41. The SMILES string of the molecule is COc1ccc(/C=C2/CCCC3=C2NC(SCC(=O)Nc2cccc(Br)c2)=NC3c2ccc(OC)cc2)cc1. The number of hydrogen-bond acceptors (Lipinski definition) is 6. The first-order valence-electron chi connectivity index (χ1n) is 12.8. The molecule has 0 saturated carbocycles. The van der Waals surface area contributed by atoms with E-state index in [1.54, 1.807) is 14.2 Å². The largest absolute Gasteiger partial charge is 0.497 e. The van der Waals surface area contributed by atoms with Gasteiger partial charge in [-0.15, -0.1) is 0 Å². The first-order valence-corrected chi connectivity index (χ1v) is 14.6. The van der Waals surface area contributed by atoms with E-state index >= 15 is 0 Å². The van der Waals surface area contributed by atoms with Crippen LogP contribution in [-0.2, 0) is 4.79 Å². The Morgan fingerprint density at radius 2 is 1.77 bits per heavy atom. The molecular formula is C31H30BrN3O3S. The van der Waals surface area contributed by atoms with Gasteiger partial charge in [-0.2, -0.15) is 0 Å². The smallest absolute Gasteiger partial charge is 0.234 e. The van der Waals surface area contributed by atoms with Gasteiger partial charge in [-0.3, -0.25) is 4.79 Å². The molecule has 3 aromatic rings. The fourth-order valence-electron chi connectivity index (χ4n) is 4.77. The van der Waals surface area contributed by atoms with E-state index in [1.807, 2.05) is 48.5 Å². The van der Waals surface area contributed by atoms with Crippen LogP contribution in [-0.4, -0.2) is 31.0 Å². The molecule has 1 unspecified atom stereocenters. The number of aliphatic imine (C=N–C) groups is 1. The van der Waals surface area contributed by atoms with Crippen LogP contribution in [0.4, 0.5) is 5.69 Å². The minimum atomic E-state index is -0.123.